The predicted octanol–water partition coefficient (Wildman–Crippen LogP) is 10.2. The number of allylic oxidation sites excluding steroid dienone is 4. The van der Waals surface area contributed by atoms with Gasteiger partial charge in [0.25, 0.3) is 0 Å². The maximum Gasteiger partial charge on any atom is 0.148 e. The molecule has 4 aliphatic carbocycles. The first-order valence-electron chi connectivity index (χ1n) is 17.1. The summed E-state index contributed by atoms with van der Waals surface area (Å²) in [4.78, 5) is 8.34. The monoisotopic (exact) mass is 570 g/mol. The molecule has 0 aromatic heterocycles. The normalized spacial score (nSPS) is 28.8. The van der Waals surface area contributed by atoms with Crippen molar-refractivity contribution in [3.05, 3.63) is 21.5 Å². The van der Waals surface area contributed by atoms with Gasteiger partial charge in [-0.1, -0.05) is 79.8 Å². The molecule has 0 aromatic carbocycles. The third kappa shape index (κ3) is 8.02. The minimum Gasteiger partial charge on any atom is -0.329 e. The van der Waals surface area contributed by atoms with E-state index in [9.17, 15) is 0 Å². The molecule has 0 heterocycles. The smallest absolute Gasteiger partial charge is 0.148 e. The largest absolute Gasteiger partial charge is 0.329 e. The summed E-state index contributed by atoms with van der Waals surface area (Å²) in [5.74, 6) is 3.74. The zero-order valence-electron chi connectivity index (χ0n) is 27.9. The van der Waals surface area contributed by atoms with Crippen LogP contribution in [0, 0.1) is 23.7 Å². The molecule has 0 saturated heterocycles. The summed E-state index contributed by atoms with van der Waals surface area (Å²) in [6.45, 7) is 24.7. The third-order valence-corrected chi connectivity index (χ3v) is 17.4. The van der Waals surface area contributed by atoms with Crippen LogP contribution < -0.4 is 9.96 Å². The number of hydrogen-bond acceptors (Lipinski definition) is 2. The molecule has 2 N–H and O–H groups in total. The fourth-order valence-electron chi connectivity index (χ4n) is 10.2. The first-order chi connectivity index (χ1) is 18.1. The van der Waals surface area contributed by atoms with Gasteiger partial charge in [-0.25, -0.2) is 0 Å². The number of fused-ring (bicyclic) bond motifs is 2. The van der Waals surface area contributed by atoms with Crippen molar-refractivity contribution < 1.29 is 0 Å². The van der Waals surface area contributed by atoms with Gasteiger partial charge in [0.1, 0.15) is 16.5 Å². The van der Waals surface area contributed by atoms with Gasteiger partial charge in [0.2, 0.25) is 0 Å². The molecule has 0 aliphatic heterocycles. The summed E-state index contributed by atoms with van der Waals surface area (Å²) in [7, 11) is -3.23. The van der Waals surface area contributed by atoms with E-state index in [4.69, 9.17) is 0 Å². The van der Waals surface area contributed by atoms with Gasteiger partial charge in [0, 0.05) is 11.1 Å². The maximum absolute atomic E-state index is 4.17. The zero-order valence-corrected chi connectivity index (χ0v) is 29.9. The van der Waals surface area contributed by atoms with E-state index < -0.39 is 16.5 Å². The van der Waals surface area contributed by atoms with Crippen LogP contribution in [0.2, 0.25) is 26.2 Å². The molecule has 4 rings (SSSR count). The lowest BCUT2D eigenvalue weighted by Gasteiger charge is -2.39. The van der Waals surface area contributed by atoms with E-state index >= 15 is 0 Å². The molecule has 4 aliphatic rings. The Hall–Kier alpha value is -0.166. The van der Waals surface area contributed by atoms with Crippen molar-refractivity contribution in [1.29, 1.82) is 0 Å². The fourth-order valence-corrected chi connectivity index (χ4v) is 19.0. The first kappa shape index (κ1) is 31.8. The summed E-state index contributed by atoms with van der Waals surface area (Å²) < 4.78 is 0. The zero-order chi connectivity index (χ0) is 28.6. The molecule has 2 saturated carbocycles. The molecule has 4 heteroatoms. The molecule has 39 heavy (non-hydrogen) atoms. The second kappa shape index (κ2) is 12.2. The van der Waals surface area contributed by atoms with E-state index in [1.807, 2.05) is 21.5 Å². The van der Waals surface area contributed by atoms with Crippen LogP contribution >= 0.6 is 0 Å². The number of hydrogen-bond donors (Lipinski definition) is 2. The summed E-state index contributed by atoms with van der Waals surface area (Å²) in [5.41, 5.74) is 4.25. The summed E-state index contributed by atoms with van der Waals surface area (Å²) in [6.07, 6.45) is 21.6. The number of nitrogens with one attached hydrogen (secondary N) is 2. The number of unbranched alkanes of at least 4 members (excludes halogenated alkanes) is 2. The molecular formula is C35H66N2Si2. The van der Waals surface area contributed by atoms with Crippen LogP contribution in [0.1, 0.15) is 138 Å². The molecule has 224 valence electrons. The Labute approximate surface area is 246 Å². The molecule has 0 bridgehead atoms. The van der Waals surface area contributed by atoms with Crippen LogP contribution in [0.5, 0.6) is 0 Å². The van der Waals surface area contributed by atoms with Gasteiger partial charge in [-0.15, -0.1) is 0 Å². The number of rotatable bonds is 10. The molecule has 4 atom stereocenters. The lowest BCUT2D eigenvalue weighted by molar-refractivity contribution is 0.297. The Bertz CT molecular complexity index is 840. The van der Waals surface area contributed by atoms with E-state index in [-0.39, 0.29) is 11.1 Å². The molecule has 0 amide bonds. The molecule has 2 nitrogen and oxygen atoms in total. The van der Waals surface area contributed by atoms with Crippen molar-refractivity contribution in [1.82, 2.24) is 9.96 Å². The highest BCUT2D eigenvalue weighted by molar-refractivity contribution is 6.82. The lowest BCUT2D eigenvalue weighted by atomic mass is 9.81. The van der Waals surface area contributed by atoms with Crippen LogP contribution in [0.15, 0.2) is 21.5 Å². The van der Waals surface area contributed by atoms with E-state index in [1.165, 1.54) is 96.3 Å². The molecular weight excluding hydrogens is 505 g/mol. The van der Waals surface area contributed by atoms with Gasteiger partial charge in [0.05, 0.1) is 0 Å². The fraction of sp³-hybridized carbons (Fsp3) is 0.886. The van der Waals surface area contributed by atoms with Gasteiger partial charge < -0.3 is 9.96 Å². The standard InChI is InChI=1S/C35H66N2Si2/c1-34(2,3)36-38(7,8)32-28(24-26-18-14-16-22-30(26)32)20-12-11-13-21-29-25-27-19-15-17-23-31(27)33(29)39(9,10)37-35(4,5)6/h26-27,30-31,36-37H,11-25H2,1-10H3/t26?,27?,30-,31?/m0/s1. The second-order valence-corrected chi connectivity index (χ2v) is 25.4. The Morgan fingerprint density at radius 1 is 0.564 bits per heavy atom. The van der Waals surface area contributed by atoms with Crippen molar-refractivity contribution >= 4 is 16.5 Å². The summed E-state index contributed by atoms with van der Waals surface area (Å²) in [5, 5.41) is 3.93. The van der Waals surface area contributed by atoms with Gasteiger partial charge in [-0.05, 0) is 129 Å². The average molecular weight is 571 g/mol. The summed E-state index contributed by atoms with van der Waals surface area (Å²) >= 11 is 0. The maximum atomic E-state index is 4.17. The Morgan fingerprint density at radius 2 is 0.923 bits per heavy atom. The van der Waals surface area contributed by atoms with Crippen LogP contribution in [0.25, 0.3) is 0 Å². The van der Waals surface area contributed by atoms with Crippen LogP contribution in [0.4, 0.5) is 0 Å². The highest BCUT2D eigenvalue weighted by atomic mass is 28.3. The van der Waals surface area contributed by atoms with Gasteiger partial charge in [-0.3, -0.25) is 0 Å². The van der Waals surface area contributed by atoms with E-state index in [0.29, 0.717) is 0 Å². The molecule has 0 radical (unpaired) electrons. The van der Waals surface area contributed by atoms with Crippen molar-refractivity contribution in [2.45, 2.75) is 175 Å². The quantitative estimate of drug-likeness (QED) is 0.202. The Balaban J connectivity index is 1.42. The van der Waals surface area contributed by atoms with Gasteiger partial charge in [0.15, 0.2) is 0 Å². The predicted molar refractivity (Wildman–Crippen MR) is 178 cm³/mol. The van der Waals surface area contributed by atoms with Gasteiger partial charge >= 0.3 is 0 Å². The van der Waals surface area contributed by atoms with Crippen molar-refractivity contribution in [2.75, 3.05) is 0 Å². The minimum atomic E-state index is -1.61. The molecule has 0 spiro atoms. The first-order valence-corrected chi connectivity index (χ1v) is 23.1. The minimum absolute atomic E-state index is 0.212. The highest BCUT2D eigenvalue weighted by Gasteiger charge is 2.45. The van der Waals surface area contributed by atoms with Crippen molar-refractivity contribution in [3.8, 4) is 0 Å². The van der Waals surface area contributed by atoms with Crippen molar-refractivity contribution in [2.24, 2.45) is 23.7 Å². The van der Waals surface area contributed by atoms with Crippen LogP contribution in [-0.4, -0.2) is 27.5 Å². The van der Waals surface area contributed by atoms with Crippen LogP contribution in [-0.2, 0) is 0 Å². The Kier molecular flexibility index (Phi) is 9.95. The van der Waals surface area contributed by atoms with Gasteiger partial charge in [-0.2, -0.15) is 0 Å². The van der Waals surface area contributed by atoms with E-state index in [0.717, 1.165) is 23.7 Å². The topological polar surface area (TPSA) is 24.1 Å². The lowest BCUT2D eigenvalue weighted by Crippen LogP contribution is -2.57. The van der Waals surface area contributed by atoms with Crippen LogP contribution in [0.3, 0.4) is 0 Å². The van der Waals surface area contributed by atoms with Crippen molar-refractivity contribution in [3.63, 3.8) is 0 Å². The average Bonchev–Trinajstić information content (AvgIpc) is 3.34. The molecule has 3 unspecified atom stereocenters. The SMILES string of the molecule is CC(C)(C)N[Si](C)(C)C1=C(CCCCCC2=C([Si](C)(C)NC(C)(C)C)[C@H]3CCCCC3C2)CC2CCCCC12. The van der Waals surface area contributed by atoms with E-state index in [1.54, 1.807) is 0 Å². The molecule has 2 fully saturated rings. The highest BCUT2D eigenvalue weighted by Crippen LogP contribution is 2.51. The summed E-state index contributed by atoms with van der Waals surface area (Å²) in [6, 6.07) is 0. The van der Waals surface area contributed by atoms with E-state index in [2.05, 4.69) is 77.7 Å². The third-order valence-electron chi connectivity index (χ3n) is 10.5. The Morgan fingerprint density at radius 3 is 1.28 bits per heavy atom. The molecule has 0 aromatic rings. The second-order valence-electron chi connectivity index (χ2n) is 17.3.